The Morgan fingerprint density at radius 1 is 1.05 bits per heavy atom. The van der Waals surface area contributed by atoms with E-state index >= 15 is 0 Å². The van der Waals surface area contributed by atoms with Crippen LogP contribution in [-0.2, 0) is 4.79 Å². The summed E-state index contributed by atoms with van der Waals surface area (Å²) in [5.74, 6) is 2.84. The number of carbonyl (C=O) groups is 1. The third kappa shape index (κ3) is 1.84. The van der Waals surface area contributed by atoms with Crippen molar-refractivity contribution in [1.82, 2.24) is 0 Å². The summed E-state index contributed by atoms with van der Waals surface area (Å²) in [5, 5.41) is 10.5. The van der Waals surface area contributed by atoms with Crippen LogP contribution in [0.5, 0.6) is 0 Å². The zero-order valence-electron chi connectivity index (χ0n) is 14.1. The minimum atomic E-state index is -0.117. The Labute approximate surface area is 134 Å². The maximum absolute atomic E-state index is 12.0. The van der Waals surface area contributed by atoms with Gasteiger partial charge in [-0.3, -0.25) is 4.79 Å². The monoisotopic (exact) mass is 305 g/mol. The molecule has 4 fully saturated rings. The lowest BCUT2D eigenvalue weighted by Gasteiger charge is -2.61. The quantitative estimate of drug-likeness (QED) is 0.723. The molecule has 0 bridgehead atoms. The molecular formula is C19H31NO2. The van der Waals surface area contributed by atoms with Crippen molar-refractivity contribution in [1.29, 1.82) is 0 Å². The topological polar surface area (TPSA) is 63.3 Å². The molecule has 0 aromatic rings. The molecule has 0 radical (unpaired) electrons. The van der Waals surface area contributed by atoms with E-state index in [-0.39, 0.29) is 23.0 Å². The van der Waals surface area contributed by atoms with Gasteiger partial charge in [-0.15, -0.1) is 0 Å². The number of aliphatic hydroxyl groups excluding tert-OH is 1. The Morgan fingerprint density at radius 3 is 2.55 bits per heavy atom. The summed E-state index contributed by atoms with van der Waals surface area (Å²) >= 11 is 0. The number of ketones is 1. The van der Waals surface area contributed by atoms with Gasteiger partial charge in [0.25, 0.3) is 0 Å². The first-order valence-corrected chi connectivity index (χ1v) is 9.31. The molecule has 0 aromatic heterocycles. The maximum Gasteiger partial charge on any atom is 0.133 e. The molecule has 5 unspecified atom stereocenters. The fourth-order valence-electron chi connectivity index (χ4n) is 7.16. The Kier molecular flexibility index (Phi) is 3.30. The van der Waals surface area contributed by atoms with E-state index in [1.807, 2.05) is 0 Å². The Morgan fingerprint density at radius 2 is 1.77 bits per heavy atom. The summed E-state index contributed by atoms with van der Waals surface area (Å²) < 4.78 is 0. The predicted octanol–water partition coefficient (Wildman–Crippen LogP) is 2.90. The van der Waals surface area contributed by atoms with E-state index in [0.29, 0.717) is 35.9 Å². The van der Waals surface area contributed by atoms with E-state index in [2.05, 4.69) is 13.8 Å². The first-order chi connectivity index (χ1) is 10.4. The molecule has 0 heterocycles. The number of hydrogen-bond donors (Lipinski definition) is 2. The van der Waals surface area contributed by atoms with Gasteiger partial charge in [-0.1, -0.05) is 13.8 Å². The lowest BCUT2D eigenvalue weighted by atomic mass is 9.44. The smallest absolute Gasteiger partial charge is 0.133 e. The average Bonchev–Trinajstić information content (AvgIpc) is 2.77. The molecular weight excluding hydrogens is 274 g/mol. The van der Waals surface area contributed by atoms with Crippen LogP contribution >= 0.6 is 0 Å². The first-order valence-electron chi connectivity index (χ1n) is 9.31. The molecule has 4 aliphatic rings. The van der Waals surface area contributed by atoms with Crippen LogP contribution in [0.25, 0.3) is 0 Å². The molecule has 0 aromatic carbocycles. The van der Waals surface area contributed by atoms with Crippen LogP contribution in [0.2, 0.25) is 0 Å². The molecule has 3 heteroatoms. The number of nitrogens with two attached hydrogens (primary N) is 1. The number of carbonyl (C=O) groups excluding carboxylic acids is 1. The minimum Gasteiger partial charge on any atom is -0.393 e. The second kappa shape index (κ2) is 4.80. The number of aliphatic hydroxyl groups is 1. The average molecular weight is 305 g/mol. The highest BCUT2D eigenvalue weighted by molar-refractivity contribution is 5.79. The van der Waals surface area contributed by atoms with Crippen molar-refractivity contribution >= 4 is 5.78 Å². The van der Waals surface area contributed by atoms with Gasteiger partial charge in [-0.05, 0) is 73.0 Å². The van der Waals surface area contributed by atoms with Crippen molar-refractivity contribution in [3.05, 3.63) is 0 Å². The molecule has 8 atom stereocenters. The van der Waals surface area contributed by atoms with Crippen molar-refractivity contribution < 1.29 is 9.90 Å². The van der Waals surface area contributed by atoms with Gasteiger partial charge in [-0.2, -0.15) is 0 Å². The van der Waals surface area contributed by atoms with Gasteiger partial charge < -0.3 is 10.8 Å². The third-order valence-electron chi connectivity index (χ3n) is 8.53. The van der Waals surface area contributed by atoms with E-state index in [0.717, 1.165) is 32.1 Å². The summed E-state index contributed by atoms with van der Waals surface area (Å²) in [6.07, 6.45) is 7.99. The third-order valence-corrected chi connectivity index (χ3v) is 8.53. The predicted molar refractivity (Wildman–Crippen MR) is 86.1 cm³/mol. The fourth-order valence-corrected chi connectivity index (χ4v) is 7.16. The van der Waals surface area contributed by atoms with Crippen molar-refractivity contribution in [3.8, 4) is 0 Å². The Hall–Kier alpha value is -0.410. The Balaban J connectivity index is 1.68. The summed E-state index contributed by atoms with van der Waals surface area (Å²) in [5.41, 5.74) is 6.96. The van der Waals surface area contributed by atoms with Crippen molar-refractivity contribution in [2.45, 2.75) is 77.4 Å². The van der Waals surface area contributed by atoms with E-state index in [4.69, 9.17) is 5.73 Å². The number of hydrogen-bond acceptors (Lipinski definition) is 3. The molecule has 0 spiro atoms. The normalized spacial score (nSPS) is 57.9. The minimum absolute atomic E-state index is 0.117. The van der Waals surface area contributed by atoms with Crippen LogP contribution in [0, 0.1) is 34.5 Å². The number of fused-ring (bicyclic) bond motifs is 5. The highest BCUT2D eigenvalue weighted by atomic mass is 16.3. The molecule has 3 N–H and O–H groups in total. The van der Waals surface area contributed by atoms with Gasteiger partial charge in [0.2, 0.25) is 0 Å². The molecule has 22 heavy (non-hydrogen) atoms. The summed E-state index contributed by atoms with van der Waals surface area (Å²) in [7, 11) is 0. The van der Waals surface area contributed by atoms with Crippen molar-refractivity contribution in [2.75, 3.05) is 0 Å². The lowest BCUT2D eigenvalue weighted by molar-refractivity contribution is -0.145. The molecule has 4 aliphatic carbocycles. The van der Waals surface area contributed by atoms with Gasteiger partial charge in [0.05, 0.1) is 6.10 Å². The van der Waals surface area contributed by atoms with Crippen LogP contribution in [-0.4, -0.2) is 23.0 Å². The van der Waals surface area contributed by atoms with E-state index in [1.54, 1.807) is 0 Å². The first kappa shape index (κ1) is 15.1. The zero-order valence-corrected chi connectivity index (χ0v) is 14.1. The van der Waals surface area contributed by atoms with Gasteiger partial charge >= 0.3 is 0 Å². The molecule has 3 nitrogen and oxygen atoms in total. The van der Waals surface area contributed by atoms with Gasteiger partial charge in [-0.25, -0.2) is 0 Å². The summed E-state index contributed by atoms with van der Waals surface area (Å²) in [4.78, 5) is 12.0. The standard InChI is InChI=1S/C19H31NO2/c1-18-7-5-11(21)9-15(18)16(20)10-12-13-3-4-17(22)19(13,2)8-6-14(12)18/h12-17,22H,3-10,20H2,1-2H3/t12?,13?,14?,15?,16-,17?,18-,19+/m1/s1. The molecule has 4 rings (SSSR count). The van der Waals surface area contributed by atoms with Crippen LogP contribution < -0.4 is 5.73 Å². The second-order valence-corrected chi connectivity index (χ2v) is 9.27. The second-order valence-electron chi connectivity index (χ2n) is 9.27. The fraction of sp³-hybridized carbons (Fsp3) is 0.947. The highest BCUT2D eigenvalue weighted by Gasteiger charge is 2.61. The van der Waals surface area contributed by atoms with Crippen LogP contribution in [0.3, 0.4) is 0 Å². The summed E-state index contributed by atoms with van der Waals surface area (Å²) in [6, 6.07) is 0.176. The van der Waals surface area contributed by atoms with Crippen molar-refractivity contribution in [3.63, 3.8) is 0 Å². The Bertz CT molecular complexity index is 492. The van der Waals surface area contributed by atoms with Gasteiger partial charge in [0, 0.05) is 18.9 Å². The zero-order chi connectivity index (χ0) is 15.7. The van der Waals surface area contributed by atoms with E-state index in [1.165, 1.54) is 12.8 Å². The van der Waals surface area contributed by atoms with Gasteiger partial charge in [0.15, 0.2) is 0 Å². The molecule has 4 saturated carbocycles. The molecule has 0 saturated heterocycles. The molecule has 124 valence electrons. The largest absolute Gasteiger partial charge is 0.393 e. The number of rotatable bonds is 0. The van der Waals surface area contributed by atoms with Crippen LogP contribution in [0.1, 0.15) is 65.2 Å². The molecule has 0 aliphatic heterocycles. The summed E-state index contributed by atoms with van der Waals surface area (Å²) in [6.45, 7) is 4.74. The highest BCUT2D eigenvalue weighted by Crippen LogP contribution is 2.65. The van der Waals surface area contributed by atoms with Gasteiger partial charge in [0.1, 0.15) is 5.78 Å². The number of Topliss-reactive ketones (excluding diaryl/α,β-unsaturated/α-hetero) is 1. The lowest BCUT2D eigenvalue weighted by Crippen LogP contribution is -2.60. The maximum atomic E-state index is 12.0. The van der Waals surface area contributed by atoms with E-state index < -0.39 is 0 Å². The van der Waals surface area contributed by atoms with E-state index in [9.17, 15) is 9.90 Å². The van der Waals surface area contributed by atoms with Crippen molar-refractivity contribution in [2.24, 2.45) is 40.2 Å². The molecule has 0 amide bonds. The van der Waals surface area contributed by atoms with Crippen LogP contribution in [0.4, 0.5) is 0 Å². The SMILES string of the molecule is C[C@]12CCC3C(C[C@@H](N)C4CC(=O)CC[C@]34C)C1CCC2O. The van der Waals surface area contributed by atoms with Crippen LogP contribution in [0.15, 0.2) is 0 Å².